The number of rotatable bonds is 3. The van der Waals surface area contributed by atoms with Gasteiger partial charge in [0.25, 0.3) is 0 Å². The van der Waals surface area contributed by atoms with Crippen LogP contribution < -0.4 is 4.74 Å². The standard InChI is InChI=1S/C13H16O/c1-11-4-2-7-13(10-11)14-9-8-12-5-3-6-12/h2,4,7-8,10H,3,5-6,9H2,1H3. The molecule has 0 spiro atoms. The smallest absolute Gasteiger partial charge is 0.120 e. The van der Waals surface area contributed by atoms with Crippen LogP contribution in [0.3, 0.4) is 0 Å². The van der Waals surface area contributed by atoms with Gasteiger partial charge in [0.1, 0.15) is 12.4 Å². The Balaban J connectivity index is 1.85. The molecule has 0 N–H and O–H groups in total. The Bertz CT molecular complexity index is 333. The molecule has 74 valence electrons. The lowest BCUT2D eigenvalue weighted by Crippen LogP contribution is -2.01. The van der Waals surface area contributed by atoms with E-state index < -0.39 is 0 Å². The Hall–Kier alpha value is -1.24. The minimum atomic E-state index is 0.721. The summed E-state index contributed by atoms with van der Waals surface area (Å²) >= 11 is 0. The lowest BCUT2D eigenvalue weighted by atomic mass is 9.92. The highest BCUT2D eigenvalue weighted by Crippen LogP contribution is 2.24. The molecule has 2 rings (SSSR count). The predicted octanol–water partition coefficient (Wildman–Crippen LogP) is 3.48. The number of aryl methyl sites for hydroxylation is 1. The quantitative estimate of drug-likeness (QED) is 0.660. The fraction of sp³-hybridized carbons (Fsp3) is 0.385. The number of allylic oxidation sites excluding steroid dienone is 1. The number of hydrogen-bond acceptors (Lipinski definition) is 1. The van der Waals surface area contributed by atoms with Gasteiger partial charge < -0.3 is 4.74 Å². The van der Waals surface area contributed by atoms with Gasteiger partial charge in [0.15, 0.2) is 0 Å². The molecular formula is C13H16O. The van der Waals surface area contributed by atoms with Crippen molar-refractivity contribution in [1.29, 1.82) is 0 Å². The summed E-state index contributed by atoms with van der Waals surface area (Å²) in [6, 6.07) is 8.18. The van der Waals surface area contributed by atoms with Gasteiger partial charge in [0.05, 0.1) is 0 Å². The predicted molar refractivity (Wildman–Crippen MR) is 58.6 cm³/mol. The molecule has 0 radical (unpaired) electrons. The molecule has 0 unspecified atom stereocenters. The largest absolute Gasteiger partial charge is 0.490 e. The molecule has 1 nitrogen and oxygen atoms in total. The zero-order valence-electron chi connectivity index (χ0n) is 8.62. The molecule has 1 saturated carbocycles. The molecule has 0 bridgehead atoms. The van der Waals surface area contributed by atoms with E-state index in [9.17, 15) is 0 Å². The minimum absolute atomic E-state index is 0.721. The molecule has 1 fully saturated rings. The highest BCUT2D eigenvalue weighted by atomic mass is 16.5. The van der Waals surface area contributed by atoms with Crippen LogP contribution in [0.5, 0.6) is 5.75 Å². The molecule has 0 aliphatic heterocycles. The zero-order valence-corrected chi connectivity index (χ0v) is 8.62. The highest BCUT2D eigenvalue weighted by Gasteiger charge is 2.06. The van der Waals surface area contributed by atoms with Crippen molar-refractivity contribution >= 4 is 0 Å². The third-order valence-electron chi connectivity index (χ3n) is 2.61. The van der Waals surface area contributed by atoms with Crippen molar-refractivity contribution in [2.45, 2.75) is 26.2 Å². The zero-order chi connectivity index (χ0) is 9.80. The third kappa shape index (κ3) is 2.38. The van der Waals surface area contributed by atoms with Gasteiger partial charge in [0.2, 0.25) is 0 Å². The van der Waals surface area contributed by atoms with Crippen molar-refractivity contribution in [1.82, 2.24) is 0 Å². The Morgan fingerprint density at radius 1 is 1.36 bits per heavy atom. The highest BCUT2D eigenvalue weighted by molar-refractivity contribution is 5.27. The first-order valence-electron chi connectivity index (χ1n) is 5.22. The van der Waals surface area contributed by atoms with Crippen LogP contribution in [0.1, 0.15) is 24.8 Å². The average molecular weight is 188 g/mol. The molecule has 1 aliphatic carbocycles. The SMILES string of the molecule is Cc1cccc(OCC=C2CCC2)c1. The fourth-order valence-electron chi connectivity index (χ4n) is 1.55. The molecule has 1 aromatic rings. The lowest BCUT2D eigenvalue weighted by Gasteiger charge is -2.15. The van der Waals surface area contributed by atoms with Gasteiger partial charge >= 0.3 is 0 Å². The van der Waals surface area contributed by atoms with E-state index in [2.05, 4.69) is 25.1 Å². The van der Waals surface area contributed by atoms with Crippen LogP contribution in [0.2, 0.25) is 0 Å². The Labute approximate surface area is 85.4 Å². The number of hydrogen-bond donors (Lipinski definition) is 0. The van der Waals surface area contributed by atoms with Gasteiger partial charge in [-0.05, 0) is 50.0 Å². The van der Waals surface area contributed by atoms with Crippen LogP contribution in [0.15, 0.2) is 35.9 Å². The van der Waals surface area contributed by atoms with E-state index in [4.69, 9.17) is 4.74 Å². The van der Waals surface area contributed by atoms with Gasteiger partial charge in [-0.1, -0.05) is 17.7 Å². The molecule has 1 aromatic carbocycles. The fourth-order valence-corrected chi connectivity index (χ4v) is 1.55. The van der Waals surface area contributed by atoms with E-state index in [0.717, 1.165) is 12.4 Å². The first-order chi connectivity index (χ1) is 6.84. The first-order valence-corrected chi connectivity index (χ1v) is 5.22. The van der Waals surface area contributed by atoms with Crippen molar-refractivity contribution < 1.29 is 4.74 Å². The lowest BCUT2D eigenvalue weighted by molar-refractivity contribution is 0.359. The summed E-state index contributed by atoms with van der Waals surface area (Å²) in [6.07, 6.45) is 6.12. The van der Waals surface area contributed by atoms with E-state index in [1.165, 1.54) is 24.8 Å². The third-order valence-corrected chi connectivity index (χ3v) is 2.61. The van der Waals surface area contributed by atoms with E-state index in [0.29, 0.717) is 0 Å². The van der Waals surface area contributed by atoms with Crippen LogP contribution in [0, 0.1) is 6.92 Å². The Morgan fingerprint density at radius 3 is 2.86 bits per heavy atom. The van der Waals surface area contributed by atoms with E-state index >= 15 is 0 Å². The van der Waals surface area contributed by atoms with Gasteiger partial charge in [-0.3, -0.25) is 0 Å². The summed E-state index contributed by atoms with van der Waals surface area (Å²) < 4.78 is 5.62. The second-order valence-electron chi connectivity index (χ2n) is 3.84. The first kappa shape index (κ1) is 9.32. The van der Waals surface area contributed by atoms with Crippen molar-refractivity contribution in [3.8, 4) is 5.75 Å². The van der Waals surface area contributed by atoms with Crippen LogP contribution in [0.25, 0.3) is 0 Å². The van der Waals surface area contributed by atoms with Gasteiger partial charge in [0, 0.05) is 0 Å². The van der Waals surface area contributed by atoms with Crippen molar-refractivity contribution in [2.24, 2.45) is 0 Å². The number of benzene rings is 1. The topological polar surface area (TPSA) is 9.23 Å². The van der Waals surface area contributed by atoms with E-state index in [1.807, 2.05) is 12.1 Å². The summed E-state index contributed by atoms with van der Waals surface area (Å²) in [5.74, 6) is 0.973. The summed E-state index contributed by atoms with van der Waals surface area (Å²) in [4.78, 5) is 0. The normalized spacial score (nSPS) is 14.8. The van der Waals surface area contributed by atoms with Gasteiger partial charge in [-0.2, -0.15) is 0 Å². The van der Waals surface area contributed by atoms with Crippen LogP contribution in [-0.4, -0.2) is 6.61 Å². The summed E-state index contributed by atoms with van der Waals surface area (Å²) in [6.45, 7) is 2.80. The Morgan fingerprint density at radius 2 is 2.21 bits per heavy atom. The molecule has 14 heavy (non-hydrogen) atoms. The molecule has 0 heterocycles. The van der Waals surface area contributed by atoms with Crippen LogP contribution in [-0.2, 0) is 0 Å². The molecule has 0 saturated heterocycles. The van der Waals surface area contributed by atoms with Crippen LogP contribution >= 0.6 is 0 Å². The van der Waals surface area contributed by atoms with E-state index in [1.54, 1.807) is 5.57 Å². The Kier molecular flexibility index (Phi) is 2.87. The van der Waals surface area contributed by atoms with Crippen molar-refractivity contribution in [3.05, 3.63) is 41.5 Å². The summed E-state index contributed by atoms with van der Waals surface area (Å²) in [5.41, 5.74) is 2.80. The number of ether oxygens (including phenoxy) is 1. The van der Waals surface area contributed by atoms with Crippen LogP contribution in [0.4, 0.5) is 0 Å². The van der Waals surface area contributed by atoms with Gasteiger partial charge in [-0.25, -0.2) is 0 Å². The second kappa shape index (κ2) is 4.32. The molecule has 0 aromatic heterocycles. The monoisotopic (exact) mass is 188 g/mol. The van der Waals surface area contributed by atoms with Crippen molar-refractivity contribution in [2.75, 3.05) is 6.61 Å². The summed E-state index contributed by atoms with van der Waals surface area (Å²) in [7, 11) is 0. The molecule has 0 amide bonds. The van der Waals surface area contributed by atoms with Gasteiger partial charge in [-0.15, -0.1) is 0 Å². The molecule has 1 aliphatic rings. The molecular weight excluding hydrogens is 172 g/mol. The summed E-state index contributed by atoms with van der Waals surface area (Å²) in [5, 5.41) is 0. The maximum Gasteiger partial charge on any atom is 0.120 e. The average Bonchev–Trinajstić information content (AvgIpc) is 2.09. The molecule has 1 heteroatoms. The molecule has 0 atom stereocenters. The van der Waals surface area contributed by atoms with E-state index in [-0.39, 0.29) is 0 Å². The minimum Gasteiger partial charge on any atom is -0.490 e. The maximum atomic E-state index is 5.62. The van der Waals surface area contributed by atoms with Crippen molar-refractivity contribution in [3.63, 3.8) is 0 Å². The second-order valence-corrected chi connectivity index (χ2v) is 3.84. The maximum absolute atomic E-state index is 5.62.